The number of hydrogen-bond acceptors (Lipinski definition) is 4. The zero-order chi connectivity index (χ0) is 11.4. The molecule has 16 heavy (non-hydrogen) atoms. The average molecular weight is 216 g/mol. The van der Waals surface area contributed by atoms with E-state index in [1.54, 1.807) is 13.1 Å². The van der Waals surface area contributed by atoms with Gasteiger partial charge >= 0.3 is 5.97 Å². The van der Waals surface area contributed by atoms with Crippen LogP contribution in [-0.4, -0.2) is 24.6 Å². The summed E-state index contributed by atoms with van der Waals surface area (Å²) < 4.78 is 5.07. The maximum Gasteiger partial charge on any atom is 0.312 e. The molecular weight excluding hydrogens is 204 g/mol. The first-order chi connectivity index (χ1) is 7.79. The Morgan fingerprint density at radius 2 is 2.25 bits per heavy atom. The quantitative estimate of drug-likeness (QED) is 0.675. The molecule has 0 amide bonds. The third-order valence-corrected chi connectivity index (χ3v) is 2.16. The van der Waals surface area contributed by atoms with Crippen LogP contribution in [0.15, 0.2) is 34.3 Å². The zero-order valence-corrected chi connectivity index (χ0v) is 9.01. The standard InChI is InChI=1S/C12H12N2O2/c1-2-12(15)16-11-8-13-7-9-5-3-4-6-10(9)14-11/h3-7H,2,8H2,1H3. The van der Waals surface area contributed by atoms with E-state index >= 15 is 0 Å². The fourth-order valence-electron chi connectivity index (χ4n) is 1.35. The highest BCUT2D eigenvalue weighted by Crippen LogP contribution is 2.19. The van der Waals surface area contributed by atoms with E-state index in [2.05, 4.69) is 9.98 Å². The van der Waals surface area contributed by atoms with Crippen LogP contribution in [0.2, 0.25) is 0 Å². The van der Waals surface area contributed by atoms with Crippen LogP contribution < -0.4 is 0 Å². The van der Waals surface area contributed by atoms with Crippen LogP contribution in [0.1, 0.15) is 18.9 Å². The first-order valence-electron chi connectivity index (χ1n) is 5.16. The largest absolute Gasteiger partial charge is 0.409 e. The van der Waals surface area contributed by atoms with Gasteiger partial charge in [-0.05, 0) is 6.07 Å². The van der Waals surface area contributed by atoms with E-state index in [4.69, 9.17) is 4.74 Å². The lowest BCUT2D eigenvalue weighted by Gasteiger charge is -2.03. The molecule has 1 aromatic carbocycles. The van der Waals surface area contributed by atoms with Gasteiger partial charge in [-0.3, -0.25) is 9.79 Å². The van der Waals surface area contributed by atoms with Crippen molar-refractivity contribution in [2.75, 3.05) is 6.54 Å². The Balaban J connectivity index is 2.27. The van der Waals surface area contributed by atoms with E-state index < -0.39 is 0 Å². The van der Waals surface area contributed by atoms with Gasteiger partial charge in [0.2, 0.25) is 5.90 Å². The lowest BCUT2D eigenvalue weighted by Crippen LogP contribution is -2.13. The zero-order valence-electron chi connectivity index (χ0n) is 9.01. The molecule has 0 bridgehead atoms. The predicted octanol–water partition coefficient (Wildman–Crippen LogP) is 2.10. The monoisotopic (exact) mass is 216 g/mol. The lowest BCUT2D eigenvalue weighted by atomic mass is 10.2. The van der Waals surface area contributed by atoms with Crippen molar-refractivity contribution in [1.29, 1.82) is 0 Å². The van der Waals surface area contributed by atoms with E-state index in [0.29, 0.717) is 18.9 Å². The van der Waals surface area contributed by atoms with Gasteiger partial charge in [-0.15, -0.1) is 0 Å². The van der Waals surface area contributed by atoms with E-state index in [0.717, 1.165) is 11.3 Å². The van der Waals surface area contributed by atoms with E-state index in [1.807, 2.05) is 24.3 Å². The molecule has 0 unspecified atom stereocenters. The summed E-state index contributed by atoms with van der Waals surface area (Å²) in [6.45, 7) is 2.05. The summed E-state index contributed by atoms with van der Waals surface area (Å²) >= 11 is 0. The smallest absolute Gasteiger partial charge is 0.312 e. The summed E-state index contributed by atoms with van der Waals surface area (Å²) in [5.74, 6) is 0.0707. The molecule has 0 fully saturated rings. The van der Waals surface area contributed by atoms with Crippen molar-refractivity contribution in [3.8, 4) is 0 Å². The molecule has 0 aromatic heterocycles. The normalized spacial score (nSPS) is 13.7. The number of esters is 1. The molecule has 4 nitrogen and oxygen atoms in total. The number of ether oxygens (including phenoxy) is 1. The molecule has 4 heteroatoms. The van der Waals surface area contributed by atoms with Gasteiger partial charge in [0.15, 0.2) is 0 Å². The molecule has 1 heterocycles. The summed E-state index contributed by atoms with van der Waals surface area (Å²) in [6, 6.07) is 7.60. The van der Waals surface area contributed by atoms with Gasteiger partial charge in [-0.2, -0.15) is 0 Å². The third-order valence-electron chi connectivity index (χ3n) is 2.16. The van der Waals surface area contributed by atoms with Crippen molar-refractivity contribution in [2.24, 2.45) is 9.98 Å². The van der Waals surface area contributed by atoms with Crippen LogP contribution in [0, 0.1) is 0 Å². The Bertz CT molecular complexity index is 464. The van der Waals surface area contributed by atoms with Crippen LogP contribution >= 0.6 is 0 Å². The number of hydrogen-bond donors (Lipinski definition) is 0. The Morgan fingerprint density at radius 1 is 1.44 bits per heavy atom. The Morgan fingerprint density at radius 3 is 3.06 bits per heavy atom. The topological polar surface area (TPSA) is 51.0 Å². The molecule has 1 aromatic rings. The fourth-order valence-corrected chi connectivity index (χ4v) is 1.35. The van der Waals surface area contributed by atoms with Gasteiger partial charge in [0.05, 0.1) is 5.69 Å². The van der Waals surface area contributed by atoms with Crippen LogP contribution in [0.5, 0.6) is 0 Å². The van der Waals surface area contributed by atoms with E-state index in [1.165, 1.54) is 0 Å². The van der Waals surface area contributed by atoms with Crippen molar-refractivity contribution in [2.45, 2.75) is 13.3 Å². The number of rotatable bonds is 1. The second-order valence-electron chi connectivity index (χ2n) is 3.36. The van der Waals surface area contributed by atoms with Crippen LogP contribution in [-0.2, 0) is 9.53 Å². The van der Waals surface area contributed by atoms with Crippen molar-refractivity contribution < 1.29 is 9.53 Å². The van der Waals surface area contributed by atoms with Crippen LogP contribution in [0.3, 0.4) is 0 Å². The summed E-state index contributed by atoms with van der Waals surface area (Å²) in [7, 11) is 0. The molecule has 0 saturated carbocycles. The molecule has 1 aliphatic heterocycles. The van der Waals surface area contributed by atoms with Crippen molar-refractivity contribution >= 4 is 23.8 Å². The highest BCUT2D eigenvalue weighted by Gasteiger charge is 2.10. The second kappa shape index (κ2) is 4.70. The first-order valence-corrected chi connectivity index (χ1v) is 5.16. The van der Waals surface area contributed by atoms with E-state index in [-0.39, 0.29) is 5.97 Å². The molecule has 0 atom stereocenters. The first kappa shape index (κ1) is 10.5. The number of carbonyl (C=O) groups is 1. The average Bonchev–Trinajstić information content (AvgIpc) is 2.50. The van der Waals surface area contributed by atoms with Crippen LogP contribution in [0.25, 0.3) is 0 Å². The summed E-state index contributed by atoms with van der Waals surface area (Å²) in [4.78, 5) is 19.6. The van der Waals surface area contributed by atoms with Gasteiger partial charge < -0.3 is 4.74 Å². The summed E-state index contributed by atoms with van der Waals surface area (Å²) in [5.41, 5.74) is 1.72. The predicted molar refractivity (Wildman–Crippen MR) is 62.4 cm³/mol. The molecule has 2 rings (SSSR count). The number of fused-ring (bicyclic) bond motifs is 1. The maximum absolute atomic E-state index is 11.1. The molecule has 82 valence electrons. The number of benzene rings is 1. The summed E-state index contributed by atoms with van der Waals surface area (Å²) in [5, 5.41) is 0. The minimum Gasteiger partial charge on any atom is -0.409 e. The molecular formula is C12H12N2O2. The number of carbonyl (C=O) groups excluding carboxylic acids is 1. The van der Waals surface area contributed by atoms with Gasteiger partial charge in [0, 0.05) is 18.2 Å². The van der Waals surface area contributed by atoms with Gasteiger partial charge in [0.25, 0.3) is 0 Å². The van der Waals surface area contributed by atoms with Crippen molar-refractivity contribution in [1.82, 2.24) is 0 Å². The molecule has 0 N–H and O–H groups in total. The van der Waals surface area contributed by atoms with Crippen molar-refractivity contribution in [3.05, 3.63) is 29.8 Å². The van der Waals surface area contributed by atoms with Gasteiger partial charge in [-0.1, -0.05) is 25.1 Å². The number of para-hydroxylation sites is 1. The number of aliphatic imine (C=N–C) groups is 2. The molecule has 0 aliphatic carbocycles. The Labute approximate surface area is 93.7 Å². The minimum atomic E-state index is -0.284. The second-order valence-corrected chi connectivity index (χ2v) is 3.36. The molecule has 0 spiro atoms. The lowest BCUT2D eigenvalue weighted by molar-refractivity contribution is -0.135. The fraction of sp³-hybridized carbons (Fsp3) is 0.250. The van der Waals surface area contributed by atoms with Gasteiger partial charge in [-0.25, -0.2) is 4.99 Å². The molecule has 0 saturated heterocycles. The third kappa shape index (κ3) is 2.34. The SMILES string of the molecule is CCC(=O)OC1=Nc2ccccc2C=NC1. The van der Waals surface area contributed by atoms with Crippen molar-refractivity contribution in [3.63, 3.8) is 0 Å². The molecule has 1 aliphatic rings. The highest BCUT2D eigenvalue weighted by atomic mass is 16.5. The Kier molecular flexibility index (Phi) is 3.10. The maximum atomic E-state index is 11.1. The number of nitrogens with zero attached hydrogens (tertiary/aromatic N) is 2. The summed E-state index contributed by atoms with van der Waals surface area (Å²) in [6.07, 6.45) is 2.08. The minimum absolute atomic E-state index is 0.284. The van der Waals surface area contributed by atoms with E-state index in [9.17, 15) is 4.79 Å². The Hall–Kier alpha value is -1.97. The van der Waals surface area contributed by atoms with Crippen LogP contribution in [0.4, 0.5) is 5.69 Å². The van der Waals surface area contributed by atoms with Gasteiger partial charge in [0.1, 0.15) is 6.54 Å². The molecule has 0 radical (unpaired) electrons. The highest BCUT2D eigenvalue weighted by molar-refractivity contribution is 5.97.